The van der Waals surface area contributed by atoms with Crippen LogP contribution in [0, 0.1) is 5.41 Å². The number of carboxylic acid groups (broad SMARTS) is 1. The number of nitrogens with one attached hydrogen (secondary N) is 1. The van der Waals surface area contributed by atoms with Gasteiger partial charge in [0.1, 0.15) is 0 Å². The fourth-order valence-corrected chi connectivity index (χ4v) is 1.39. The predicted octanol–water partition coefficient (Wildman–Crippen LogP) is 1.16. The zero-order chi connectivity index (χ0) is 15.6. The second-order valence-corrected chi connectivity index (χ2v) is 5.87. The Bertz CT molecular complexity index is 519. The molecule has 20 heavy (non-hydrogen) atoms. The highest BCUT2D eigenvalue weighted by Gasteiger charge is 2.40. The molecular formula is C14H21N3O3. The smallest absolute Gasteiger partial charge is 0.335 e. The molecule has 0 spiro atoms. The number of nitrogens with two attached hydrogens (primary N) is 1. The van der Waals surface area contributed by atoms with Crippen LogP contribution in [0.1, 0.15) is 43.7 Å². The molecule has 0 aliphatic rings. The van der Waals surface area contributed by atoms with Crippen molar-refractivity contribution in [3.63, 3.8) is 0 Å². The molecule has 1 amide bonds. The van der Waals surface area contributed by atoms with E-state index in [0.29, 0.717) is 5.69 Å². The highest BCUT2D eigenvalue weighted by molar-refractivity contribution is 5.87. The molecule has 0 radical (unpaired) electrons. The first-order valence-corrected chi connectivity index (χ1v) is 6.31. The van der Waals surface area contributed by atoms with Crippen LogP contribution in [0.4, 0.5) is 0 Å². The summed E-state index contributed by atoms with van der Waals surface area (Å²) in [6.07, 6.45) is 1.41. The summed E-state index contributed by atoms with van der Waals surface area (Å²) in [7, 11) is 0. The van der Waals surface area contributed by atoms with E-state index in [-0.39, 0.29) is 18.0 Å². The van der Waals surface area contributed by atoms with E-state index in [4.69, 9.17) is 10.8 Å². The molecule has 0 fully saturated rings. The first kappa shape index (κ1) is 16.1. The van der Waals surface area contributed by atoms with Gasteiger partial charge in [-0.3, -0.25) is 9.78 Å². The number of hydrogen-bond acceptors (Lipinski definition) is 4. The van der Waals surface area contributed by atoms with E-state index in [9.17, 15) is 9.59 Å². The van der Waals surface area contributed by atoms with Crippen LogP contribution in [0.2, 0.25) is 0 Å². The Morgan fingerprint density at radius 2 is 1.95 bits per heavy atom. The highest BCUT2D eigenvalue weighted by atomic mass is 16.4. The summed E-state index contributed by atoms with van der Waals surface area (Å²) in [6, 6.07) is 2.84. The standard InChI is InChI=1S/C14H21N3O3/c1-13(2,14(3,4)15)12(20)17-8-10-7-9(11(18)19)5-6-16-10/h5-7H,8,15H2,1-4H3,(H,17,20)(H,18,19). The first-order valence-electron chi connectivity index (χ1n) is 6.31. The van der Waals surface area contributed by atoms with Crippen molar-refractivity contribution in [2.24, 2.45) is 11.1 Å². The third kappa shape index (κ3) is 3.54. The molecule has 0 bridgehead atoms. The second-order valence-electron chi connectivity index (χ2n) is 5.87. The molecule has 0 saturated carbocycles. The summed E-state index contributed by atoms with van der Waals surface area (Å²) in [6.45, 7) is 7.28. The molecule has 4 N–H and O–H groups in total. The Kier molecular flexibility index (Phi) is 4.50. The van der Waals surface area contributed by atoms with E-state index >= 15 is 0 Å². The van der Waals surface area contributed by atoms with Crippen molar-refractivity contribution in [1.29, 1.82) is 0 Å². The largest absolute Gasteiger partial charge is 0.478 e. The molecule has 110 valence electrons. The fourth-order valence-electron chi connectivity index (χ4n) is 1.39. The molecule has 0 unspecified atom stereocenters. The Hall–Kier alpha value is -1.95. The molecule has 0 aromatic carbocycles. The number of carbonyl (C=O) groups is 2. The van der Waals surface area contributed by atoms with Gasteiger partial charge in [0.25, 0.3) is 0 Å². The molecule has 0 saturated heterocycles. The van der Waals surface area contributed by atoms with Gasteiger partial charge in [0.05, 0.1) is 23.2 Å². The van der Waals surface area contributed by atoms with E-state index < -0.39 is 16.9 Å². The lowest BCUT2D eigenvalue weighted by atomic mass is 9.74. The number of aromatic nitrogens is 1. The van der Waals surface area contributed by atoms with Gasteiger partial charge in [0.15, 0.2) is 0 Å². The third-order valence-electron chi connectivity index (χ3n) is 3.67. The summed E-state index contributed by atoms with van der Waals surface area (Å²) in [5.74, 6) is -1.23. The average Bonchev–Trinajstić information content (AvgIpc) is 2.34. The maximum atomic E-state index is 12.2. The molecule has 1 heterocycles. The molecule has 6 nitrogen and oxygen atoms in total. The minimum Gasteiger partial charge on any atom is -0.478 e. The number of rotatable bonds is 5. The first-order chi connectivity index (χ1) is 9.05. The lowest BCUT2D eigenvalue weighted by Gasteiger charge is -2.36. The van der Waals surface area contributed by atoms with Crippen molar-refractivity contribution in [1.82, 2.24) is 10.3 Å². The lowest BCUT2D eigenvalue weighted by Crippen LogP contribution is -2.55. The minimum atomic E-state index is -1.02. The number of nitrogens with zero attached hydrogens (tertiary/aromatic N) is 1. The Labute approximate surface area is 118 Å². The fraction of sp³-hybridized carbons (Fsp3) is 0.500. The molecule has 0 aliphatic heterocycles. The monoisotopic (exact) mass is 279 g/mol. The summed E-state index contributed by atoms with van der Waals surface area (Å²) in [5.41, 5.74) is 5.20. The minimum absolute atomic E-state index is 0.141. The van der Waals surface area contributed by atoms with Crippen LogP contribution in [0.25, 0.3) is 0 Å². The van der Waals surface area contributed by atoms with Crippen molar-refractivity contribution >= 4 is 11.9 Å². The zero-order valence-electron chi connectivity index (χ0n) is 12.2. The summed E-state index contributed by atoms with van der Waals surface area (Å²) in [4.78, 5) is 27.0. The van der Waals surface area contributed by atoms with E-state index in [1.165, 1.54) is 18.3 Å². The molecular weight excluding hydrogens is 258 g/mol. The summed E-state index contributed by atoms with van der Waals surface area (Å²) >= 11 is 0. The number of pyridine rings is 1. The molecule has 1 aromatic heterocycles. The van der Waals surface area contributed by atoms with Crippen molar-refractivity contribution in [2.75, 3.05) is 0 Å². The molecule has 6 heteroatoms. The van der Waals surface area contributed by atoms with Gasteiger partial charge in [-0.2, -0.15) is 0 Å². The van der Waals surface area contributed by atoms with E-state index in [1.807, 2.05) is 0 Å². The topological polar surface area (TPSA) is 105 Å². The molecule has 1 aromatic rings. The normalized spacial score (nSPS) is 12.1. The summed E-state index contributed by atoms with van der Waals surface area (Å²) < 4.78 is 0. The van der Waals surface area contributed by atoms with Gasteiger partial charge in [-0.25, -0.2) is 4.79 Å². The maximum absolute atomic E-state index is 12.2. The van der Waals surface area contributed by atoms with Crippen LogP contribution < -0.4 is 11.1 Å². The number of amides is 1. The zero-order valence-corrected chi connectivity index (χ0v) is 12.2. The average molecular weight is 279 g/mol. The van der Waals surface area contributed by atoms with Crippen LogP contribution >= 0.6 is 0 Å². The highest BCUT2D eigenvalue weighted by Crippen LogP contribution is 2.28. The van der Waals surface area contributed by atoms with Crippen LogP contribution in [0.3, 0.4) is 0 Å². The van der Waals surface area contributed by atoms with Crippen LogP contribution in [0.5, 0.6) is 0 Å². The Morgan fingerprint density at radius 3 is 2.45 bits per heavy atom. The van der Waals surface area contributed by atoms with Crippen molar-refractivity contribution < 1.29 is 14.7 Å². The van der Waals surface area contributed by atoms with Gasteiger partial charge in [-0.15, -0.1) is 0 Å². The van der Waals surface area contributed by atoms with Crippen molar-refractivity contribution in [3.8, 4) is 0 Å². The van der Waals surface area contributed by atoms with Crippen LogP contribution in [-0.4, -0.2) is 27.5 Å². The van der Waals surface area contributed by atoms with Crippen LogP contribution in [0.15, 0.2) is 18.3 Å². The molecule has 0 atom stereocenters. The van der Waals surface area contributed by atoms with Gasteiger partial charge < -0.3 is 16.2 Å². The Morgan fingerprint density at radius 1 is 1.35 bits per heavy atom. The van der Waals surface area contributed by atoms with Gasteiger partial charge in [0, 0.05) is 11.7 Å². The van der Waals surface area contributed by atoms with E-state index in [1.54, 1.807) is 27.7 Å². The maximum Gasteiger partial charge on any atom is 0.335 e. The van der Waals surface area contributed by atoms with Gasteiger partial charge in [0.2, 0.25) is 5.91 Å². The lowest BCUT2D eigenvalue weighted by molar-refractivity contribution is -0.132. The van der Waals surface area contributed by atoms with Crippen molar-refractivity contribution in [3.05, 3.63) is 29.6 Å². The third-order valence-corrected chi connectivity index (χ3v) is 3.67. The van der Waals surface area contributed by atoms with Gasteiger partial charge in [-0.1, -0.05) is 0 Å². The predicted molar refractivity (Wildman–Crippen MR) is 75.1 cm³/mol. The number of carboxylic acids is 1. The number of carbonyl (C=O) groups excluding carboxylic acids is 1. The van der Waals surface area contributed by atoms with E-state index in [0.717, 1.165) is 0 Å². The number of hydrogen-bond donors (Lipinski definition) is 3. The van der Waals surface area contributed by atoms with Crippen LogP contribution in [-0.2, 0) is 11.3 Å². The molecule has 1 rings (SSSR count). The van der Waals surface area contributed by atoms with Gasteiger partial charge >= 0.3 is 5.97 Å². The number of aromatic carboxylic acids is 1. The quantitative estimate of drug-likeness (QED) is 0.750. The van der Waals surface area contributed by atoms with E-state index in [2.05, 4.69) is 10.3 Å². The summed E-state index contributed by atoms with van der Waals surface area (Å²) in [5, 5.41) is 11.6. The molecule has 0 aliphatic carbocycles. The second kappa shape index (κ2) is 5.58. The van der Waals surface area contributed by atoms with Crippen molar-refractivity contribution in [2.45, 2.75) is 39.8 Å². The van der Waals surface area contributed by atoms with Gasteiger partial charge in [-0.05, 0) is 39.8 Å². The Balaban J connectivity index is 2.75. The SMILES string of the molecule is CC(C)(N)C(C)(C)C(=O)NCc1cc(C(=O)O)ccn1.